The average molecular weight is 404 g/mol. The number of amides is 1. The Morgan fingerprint density at radius 2 is 2.22 bits per heavy atom. The SMILES string of the molecule is Cc1nn(CC(C)C)c2sc(C(=O)N[C@@H]3CCSc4ccc(F)cc43)cc12. The van der Waals surface area contributed by atoms with Crippen molar-refractivity contribution in [3.63, 3.8) is 0 Å². The first-order valence-corrected chi connectivity index (χ1v) is 10.9. The van der Waals surface area contributed by atoms with E-state index >= 15 is 0 Å². The second-order valence-corrected chi connectivity index (χ2v) is 9.50. The number of aromatic nitrogens is 2. The van der Waals surface area contributed by atoms with Crippen LogP contribution in [0.15, 0.2) is 29.2 Å². The molecule has 3 heterocycles. The molecule has 1 atom stereocenters. The Morgan fingerprint density at radius 3 is 3.00 bits per heavy atom. The fourth-order valence-electron chi connectivity index (χ4n) is 3.44. The van der Waals surface area contributed by atoms with E-state index in [-0.39, 0.29) is 17.8 Å². The highest BCUT2D eigenvalue weighted by Crippen LogP contribution is 2.37. The fraction of sp³-hybridized carbons (Fsp3) is 0.400. The van der Waals surface area contributed by atoms with Gasteiger partial charge in [-0.05, 0) is 49.1 Å². The highest BCUT2D eigenvalue weighted by molar-refractivity contribution is 7.99. The number of hydrogen-bond acceptors (Lipinski definition) is 4. The molecule has 4 nitrogen and oxygen atoms in total. The van der Waals surface area contributed by atoms with Crippen LogP contribution in [-0.4, -0.2) is 21.4 Å². The summed E-state index contributed by atoms with van der Waals surface area (Å²) < 4.78 is 15.7. The predicted octanol–water partition coefficient (Wildman–Crippen LogP) is 5.17. The number of carbonyl (C=O) groups excluding carboxylic acids is 1. The number of aryl methyl sites for hydroxylation is 1. The first-order valence-electron chi connectivity index (χ1n) is 9.12. The molecule has 0 unspecified atom stereocenters. The zero-order chi connectivity index (χ0) is 19.1. The molecule has 0 spiro atoms. The van der Waals surface area contributed by atoms with Gasteiger partial charge in [-0.15, -0.1) is 23.1 Å². The van der Waals surface area contributed by atoms with Crippen LogP contribution in [0.3, 0.4) is 0 Å². The number of rotatable bonds is 4. The predicted molar refractivity (Wildman–Crippen MR) is 109 cm³/mol. The summed E-state index contributed by atoms with van der Waals surface area (Å²) in [6.07, 6.45) is 0.803. The van der Waals surface area contributed by atoms with Crippen LogP contribution < -0.4 is 5.32 Å². The molecule has 4 rings (SSSR count). The van der Waals surface area contributed by atoms with Crippen LogP contribution in [0.5, 0.6) is 0 Å². The molecule has 1 amide bonds. The molecule has 1 aromatic carbocycles. The van der Waals surface area contributed by atoms with Crippen LogP contribution in [0.1, 0.15) is 47.2 Å². The lowest BCUT2D eigenvalue weighted by atomic mass is 10.0. The lowest BCUT2D eigenvalue weighted by Gasteiger charge is -2.25. The van der Waals surface area contributed by atoms with E-state index in [2.05, 4.69) is 24.3 Å². The number of benzene rings is 1. The number of hydrogen-bond donors (Lipinski definition) is 1. The summed E-state index contributed by atoms with van der Waals surface area (Å²) in [7, 11) is 0. The Balaban J connectivity index is 1.60. The number of halogens is 1. The van der Waals surface area contributed by atoms with E-state index in [4.69, 9.17) is 0 Å². The molecule has 7 heteroatoms. The molecule has 0 saturated carbocycles. The van der Waals surface area contributed by atoms with Crippen molar-refractivity contribution in [2.75, 3.05) is 5.75 Å². The van der Waals surface area contributed by atoms with Crippen LogP contribution in [0.4, 0.5) is 4.39 Å². The van der Waals surface area contributed by atoms with Crippen LogP contribution in [0.25, 0.3) is 10.2 Å². The number of thioether (sulfide) groups is 1. The summed E-state index contributed by atoms with van der Waals surface area (Å²) in [5.74, 6) is 1.04. The summed E-state index contributed by atoms with van der Waals surface area (Å²) in [6, 6.07) is 6.60. The van der Waals surface area contributed by atoms with E-state index in [0.29, 0.717) is 10.8 Å². The Kier molecular flexibility index (Phi) is 4.99. The lowest BCUT2D eigenvalue weighted by Crippen LogP contribution is -2.30. The Bertz CT molecular complexity index is 1010. The molecule has 2 aromatic heterocycles. The minimum Gasteiger partial charge on any atom is -0.344 e. The van der Waals surface area contributed by atoms with Crippen LogP contribution in [0, 0.1) is 18.7 Å². The molecule has 142 valence electrons. The van der Waals surface area contributed by atoms with Crippen LogP contribution in [0.2, 0.25) is 0 Å². The van der Waals surface area contributed by atoms with Gasteiger partial charge in [-0.2, -0.15) is 5.10 Å². The van der Waals surface area contributed by atoms with Crippen LogP contribution in [-0.2, 0) is 6.54 Å². The zero-order valence-electron chi connectivity index (χ0n) is 15.6. The molecule has 0 fully saturated rings. The first kappa shape index (κ1) is 18.5. The number of thiophene rings is 1. The monoisotopic (exact) mass is 403 g/mol. The van der Waals surface area contributed by atoms with Crippen molar-refractivity contribution in [3.05, 3.63) is 46.2 Å². The summed E-state index contributed by atoms with van der Waals surface area (Å²) in [4.78, 5) is 15.7. The second kappa shape index (κ2) is 7.28. The smallest absolute Gasteiger partial charge is 0.261 e. The van der Waals surface area contributed by atoms with Gasteiger partial charge in [0, 0.05) is 22.6 Å². The van der Waals surface area contributed by atoms with Crippen molar-refractivity contribution in [2.45, 2.75) is 44.7 Å². The standard InChI is InChI=1S/C20H22FN3OS2/c1-11(2)10-24-20-14(12(3)23-24)9-18(27-20)19(25)22-16-6-7-26-17-5-4-13(21)8-15(16)17/h4-5,8-9,11,16H,6-7,10H2,1-3H3,(H,22,25)/t16-/m1/s1. The van der Waals surface area contributed by atoms with Gasteiger partial charge in [-0.25, -0.2) is 4.39 Å². The third kappa shape index (κ3) is 3.62. The molecular weight excluding hydrogens is 381 g/mol. The molecule has 1 aliphatic heterocycles. The Hall–Kier alpha value is -1.86. The maximum atomic E-state index is 13.7. The van der Waals surface area contributed by atoms with Gasteiger partial charge in [-0.3, -0.25) is 9.48 Å². The Labute approximate surface area is 166 Å². The maximum Gasteiger partial charge on any atom is 0.261 e. The summed E-state index contributed by atoms with van der Waals surface area (Å²) in [5.41, 5.74) is 1.82. The summed E-state index contributed by atoms with van der Waals surface area (Å²) >= 11 is 3.19. The molecule has 3 aromatic rings. The van der Waals surface area contributed by atoms with Crippen molar-refractivity contribution in [1.82, 2.24) is 15.1 Å². The third-order valence-electron chi connectivity index (χ3n) is 4.69. The van der Waals surface area contributed by atoms with Crippen molar-refractivity contribution in [3.8, 4) is 0 Å². The molecule has 0 saturated heterocycles. The molecule has 27 heavy (non-hydrogen) atoms. The Morgan fingerprint density at radius 1 is 1.41 bits per heavy atom. The normalized spacial score (nSPS) is 16.7. The van der Waals surface area contributed by atoms with E-state index in [1.165, 1.54) is 17.4 Å². The van der Waals surface area contributed by atoms with Gasteiger partial charge in [0.2, 0.25) is 0 Å². The van der Waals surface area contributed by atoms with E-state index in [0.717, 1.165) is 45.1 Å². The quantitative estimate of drug-likeness (QED) is 0.654. The molecule has 0 bridgehead atoms. The van der Waals surface area contributed by atoms with Gasteiger partial charge >= 0.3 is 0 Å². The molecule has 1 aliphatic rings. The number of carbonyl (C=O) groups is 1. The molecule has 0 radical (unpaired) electrons. The van der Waals surface area contributed by atoms with Gasteiger partial charge in [0.25, 0.3) is 5.91 Å². The summed E-state index contributed by atoms with van der Waals surface area (Å²) in [6.45, 7) is 7.12. The minimum atomic E-state index is -0.262. The van der Waals surface area contributed by atoms with Gasteiger partial charge in [0.05, 0.1) is 16.6 Å². The topological polar surface area (TPSA) is 46.9 Å². The largest absolute Gasteiger partial charge is 0.344 e. The zero-order valence-corrected chi connectivity index (χ0v) is 17.2. The number of fused-ring (bicyclic) bond motifs is 2. The van der Waals surface area contributed by atoms with Crippen LogP contribution >= 0.6 is 23.1 Å². The van der Waals surface area contributed by atoms with Gasteiger partial charge < -0.3 is 5.32 Å². The lowest BCUT2D eigenvalue weighted by molar-refractivity contribution is 0.0939. The molecular formula is C20H22FN3OS2. The fourth-order valence-corrected chi connectivity index (χ4v) is 5.62. The van der Waals surface area contributed by atoms with E-state index < -0.39 is 0 Å². The highest BCUT2D eigenvalue weighted by Gasteiger charge is 2.25. The molecule has 1 N–H and O–H groups in total. The van der Waals surface area contributed by atoms with Crippen molar-refractivity contribution < 1.29 is 9.18 Å². The van der Waals surface area contributed by atoms with Gasteiger partial charge in [0.15, 0.2) is 0 Å². The summed E-state index contributed by atoms with van der Waals surface area (Å²) in [5, 5.41) is 8.75. The van der Waals surface area contributed by atoms with E-state index in [1.807, 2.05) is 17.7 Å². The third-order valence-corrected chi connectivity index (χ3v) is 6.96. The van der Waals surface area contributed by atoms with E-state index in [1.54, 1.807) is 23.9 Å². The first-order chi connectivity index (χ1) is 12.9. The number of nitrogens with zero attached hydrogens (tertiary/aromatic N) is 2. The minimum absolute atomic E-state index is 0.0983. The van der Waals surface area contributed by atoms with Gasteiger partial charge in [0.1, 0.15) is 10.6 Å². The van der Waals surface area contributed by atoms with Crippen molar-refractivity contribution >= 4 is 39.2 Å². The van der Waals surface area contributed by atoms with Crippen molar-refractivity contribution in [2.24, 2.45) is 5.92 Å². The highest BCUT2D eigenvalue weighted by atomic mass is 32.2. The van der Waals surface area contributed by atoms with Crippen molar-refractivity contribution in [1.29, 1.82) is 0 Å². The maximum absolute atomic E-state index is 13.7. The van der Waals surface area contributed by atoms with Gasteiger partial charge in [-0.1, -0.05) is 13.8 Å². The number of nitrogens with one attached hydrogen (secondary N) is 1. The van der Waals surface area contributed by atoms with E-state index in [9.17, 15) is 9.18 Å². The molecule has 0 aliphatic carbocycles. The second-order valence-electron chi connectivity index (χ2n) is 7.34. The average Bonchev–Trinajstić information content (AvgIpc) is 3.17.